The highest BCUT2D eigenvalue weighted by molar-refractivity contribution is 6.02. The van der Waals surface area contributed by atoms with Crippen LogP contribution >= 0.6 is 0 Å². The normalized spacial score (nSPS) is 20.2. The molecule has 38 heavy (non-hydrogen) atoms. The predicted octanol–water partition coefficient (Wildman–Crippen LogP) is 6.20. The number of benzene rings is 3. The van der Waals surface area contributed by atoms with Crippen LogP contribution in [-0.2, 0) is 22.6 Å². The van der Waals surface area contributed by atoms with Crippen molar-refractivity contribution in [1.82, 2.24) is 4.90 Å². The molecule has 1 atom stereocenters. The number of para-hydroxylation sites is 2. The van der Waals surface area contributed by atoms with Gasteiger partial charge in [0.25, 0.3) is 0 Å². The number of fused-ring (bicyclic) bond motifs is 2. The summed E-state index contributed by atoms with van der Waals surface area (Å²) in [5.74, 6) is 0.241. The van der Waals surface area contributed by atoms with Gasteiger partial charge in [-0.3, -0.25) is 9.59 Å². The third kappa shape index (κ3) is 4.51. The van der Waals surface area contributed by atoms with E-state index in [2.05, 4.69) is 85.6 Å². The maximum atomic E-state index is 13.9. The van der Waals surface area contributed by atoms with Crippen LogP contribution in [-0.4, -0.2) is 29.7 Å². The second-order valence-electron chi connectivity index (χ2n) is 11.8. The average molecular weight is 506 g/mol. The maximum Gasteiger partial charge on any atom is 0.242 e. The maximum absolute atomic E-state index is 13.9. The summed E-state index contributed by atoms with van der Waals surface area (Å²) >= 11 is 0. The van der Waals surface area contributed by atoms with Gasteiger partial charge in [0.2, 0.25) is 5.91 Å². The van der Waals surface area contributed by atoms with Gasteiger partial charge in [-0.25, -0.2) is 0 Å². The third-order valence-corrected chi connectivity index (χ3v) is 8.19. The topological polar surface area (TPSA) is 52.7 Å². The number of amides is 1. The molecule has 3 aromatic rings. The number of carbonyl (C=O) groups excluding carboxylic acids is 2. The second kappa shape index (κ2) is 9.46. The number of hydrogen-bond donors (Lipinski definition) is 1. The van der Waals surface area contributed by atoms with E-state index in [0.29, 0.717) is 19.5 Å². The van der Waals surface area contributed by atoms with E-state index < -0.39 is 0 Å². The van der Waals surface area contributed by atoms with Gasteiger partial charge >= 0.3 is 0 Å². The van der Waals surface area contributed by atoms with Crippen LogP contribution in [0.1, 0.15) is 55.0 Å². The number of allylic oxidation sites excluding steroid dienone is 1. The molecule has 1 N–H and O–H groups in total. The minimum absolute atomic E-state index is 0.0825. The highest BCUT2D eigenvalue weighted by Crippen LogP contribution is 2.48. The lowest BCUT2D eigenvalue weighted by atomic mass is 9.73. The summed E-state index contributed by atoms with van der Waals surface area (Å²) < 4.78 is 0. The summed E-state index contributed by atoms with van der Waals surface area (Å²) in [4.78, 5) is 31.9. The smallest absolute Gasteiger partial charge is 0.242 e. The molecule has 0 radical (unpaired) electrons. The van der Waals surface area contributed by atoms with E-state index in [0.717, 1.165) is 41.1 Å². The molecule has 3 aliphatic rings. The van der Waals surface area contributed by atoms with Crippen LogP contribution in [0.5, 0.6) is 0 Å². The van der Waals surface area contributed by atoms with Crippen molar-refractivity contribution < 1.29 is 9.59 Å². The van der Waals surface area contributed by atoms with Gasteiger partial charge in [-0.1, -0.05) is 80.1 Å². The van der Waals surface area contributed by atoms with Crippen molar-refractivity contribution in [3.05, 3.63) is 106 Å². The van der Waals surface area contributed by atoms with Gasteiger partial charge in [0.1, 0.15) is 0 Å². The molecule has 5 heteroatoms. The average Bonchev–Trinajstić information content (AvgIpc) is 3.02. The standard InChI is InChI=1S/C33H35N3O2/c1-22-12-14-24(15-13-22)32-31-27(18-33(2,3)19-29(31)37)34-26-10-6-7-11-28(26)36(32)21-30(38)35-17-16-23-8-4-5-9-25(23)20-35/h4-15,32,34H,16-21H2,1-3H3. The Morgan fingerprint density at radius 2 is 1.66 bits per heavy atom. The molecule has 1 amide bonds. The molecule has 0 fully saturated rings. The molecule has 0 saturated heterocycles. The van der Waals surface area contributed by atoms with Crippen molar-refractivity contribution in [2.24, 2.45) is 5.41 Å². The lowest BCUT2D eigenvalue weighted by molar-refractivity contribution is -0.130. The number of anilines is 2. The Kier molecular flexibility index (Phi) is 6.10. The van der Waals surface area contributed by atoms with E-state index >= 15 is 0 Å². The Bertz CT molecular complexity index is 1440. The molecule has 6 rings (SSSR count). The molecule has 0 spiro atoms. The third-order valence-electron chi connectivity index (χ3n) is 8.19. The zero-order chi connectivity index (χ0) is 26.4. The van der Waals surface area contributed by atoms with Crippen LogP contribution in [0.4, 0.5) is 11.4 Å². The first-order valence-electron chi connectivity index (χ1n) is 13.6. The monoisotopic (exact) mass is 505 g/mol. The van der Waals surface area contributed by atoms with E-state index in [1.807, 2.05) is 23.1 Å². The van der Waals surface area contributed by atoms with Gasteiger partial charge in [0.15, 0.2) is 5.78 Å². The van der Waals surface area contributed by atoms with Crippen molar-refractivity contribution in [3.8, 4) is 0 Å². The molecule has 194 valence electrons. The number of aryl methyl sites for hydroxylation is 1. The van der Waals surface area contributed by atoms with Crippen LogP contribution in [0.3, 0.4) is 0 Å². The summed E-state index contributed by atoms with van der Waals surface area (Å²) in [6, 6.07) is 24.6. The molecule has 0 saturated carbocycles. The largest absolute Gasteiger partial charge is 0.357 e. The van der Waals surface area contributed by atoms with Crippen molar-refractivity contribution in [1.29, 1.82) is 0 Å². The predicted molar refractivity (Wildman–Crippen MR) is 152 cm³/mol. The van der Waals surface area contributed by atoms with Crippen molar-refractivity contribution in [2.45, 2.75) is 52.6 Å². The van der Waals surface area contributed by atoms with Crippen molar-refractivity contribution >= 4 is 23.1 Å². The Morgan fingerprint density at radius 1 is 0.947 bits per heavy atom. The molecular weight excluding hydrogens is 470 g/mol. The zero-order valence-electron chi connectivity index (χ0n) is 22.5. The minimum Gasteiger partial charge on any atom is -0.357 e. The lowest BCUT2D eigenvalue weighted by Gasteiger charge is -2.39. The van der Waals surface area contributed by atoms with Gasteiger partial charge in [-0.2, -0.15) is 0 Å². The number of ketones is 1. The lowest BCUT2D eigenvalue weighted by Crippen LogP contribution is -2.45. The Morgan fingerprint density at radius 3 is 2.45 bits per heavy atom. The Hall–Kier alpha value is -3.86. The zero-order valence-corrected chi connectivity index (χ0v) is 22.5. The fourth-order valence-corrected chi connectivity index (χ4v) is 6.28. The van der Waals surface area contributed by atoms with Crippen LogP contribution in [0.15, 0.2) is 84.1 Å². The summed E-state index contributed by atoms with van der Waals surface area (Å²) in [6.07, 6.45) is 2.15. The fraction of sp³-hybridized carbons (Fsp3) is 0.333. The van der Waals surface area contributed by atoms with Gasteiger partial charge < -0.3 is 15.1 Å². The molecule has 1 unspecified atom stereocenters. The number of nitrogens with zero attached hydrogens (tertiary/aromatic N) is 2. The highest BCUT2D eigenvalue weighted by atomic mass is 16.2. The first-order chi connectivity index (χ1) is 18.3. The molecule has 2 aliphatic heterocycles. The van der Waals surface area contributed by atoms with Gasteiger partial charge in [0, 0.05) is 30.8 Å². The first-order valence-corrected chi connectivity index (χ1v) is 13.6. The highest BCUT2D eigenvalue weighted by Gasteiger charge is 2.42. The molecule has 2 heterocycles. The number of nitrogens with one attached hydrogen (secondary N) is 1. The molecule has 0 aromatic heterocycles. The van der Waals surface area contributed by atoms with Gasteiger partial charge in [0.05, 0.1) is 24.0 Å². The fourth-order valence-electron chi connectivity index (χ4n) is 6.28. The SMILES string of the molecule is Cc1ccc(C2C3=C(CC(C)(C)CC3=O)Nc3ccccc3N2CC(=O)N2CCc3ccccc3C2)cc1. The van der Waals surface area contributed by atoms with Crippen molar-refractivity contribution in [3.63, 3.8) is 0 Å². The molecule has 5 nitrogen and oxygen atoms in total. The van der Waals surface area contributed by atoms with Crippen molar-refractivity contribution in [2.75, 3.05) is 23.3 Å². The summed E-state index contributed by atoms with van der Waals surface area (Å²) in [5.41, 5.74) is 8.28. The van der Waals surface area contributed by atoms with E-state index in [1.165, 1.54) is 16.7 Å². The van der Waals surface area contributed by atoms with Crippen LogP contribution in [0.2, 0.25) is 0 Å². The molecule has 0 bridgehead atoms. The number of Topliss-reactive ketones (excluding diaryl/α,β-unsaturated/α-hetero) is 1. The summed E-state index contributed by atoms with van der Waals surface area (Å²) in [5, 5.41) is 3.65. The minimum atomic E-state index is -0.341. The van der Waals surface area contributed by atoms with Crippen LogP contribution in [0.25, 0.3) is 0 Å². The summed E-state index contributed by atoms with van der Waals surface area (Å²) in [6.45, 7) is 7.92. The second-order valence-corrected chi connectivity index (χ2v) is 11.8. The van der Waals surface area contributed by atoms with E-state index in [4.69, 9.17) is 0 Å². The molecular formula is C33H35N3O2. The summed E-state index contributed by atoms with van der Waals surface area (Å²) in [7, 11) is 0. The molecule has 3 aromatic carbocycles. The van der Waals surface area contributed by atoms with Gasteiger partial charge in [-0.15, -0.1) is 0 Å². The van der Waals surface area contributed by atoms with E-state index in [9.17, 15) is 9.59 Å². The van der Waals surface area contributed by atoms with Gasteiger partial charge in [-0.05, 0) is 54.0 Å². The quantitative estimate of drug-likeness (QED) is 0.461. The number of hydrogen-bond acceptors (Lipinski definition) is 4. The Labute approximate surface area is 225 Å². The van der Waals surface area contributed by atoms with E-state index in [1.54, 1.807) is 0 Å². The van der Waals surface area contributed by atoms with Crippen LogP contribution < -0.4 is 10.2 Å². The van der Waals surface area contributed by atoms with Crippen LogP contribution in [0, 0.1) is 12.3 Å². The number of carbonyl (C=O) groups is 2. The first kappa shape index (κ1) is 24.5. The van der Waals surface area contributed by atoms with E-state index in [-0.39, 0.29) is 29.7 Å². The Balaban J connectivity index is 1.44. The molecule has 1 aliphatic carbocycles. The number of rotatable bonds is 3.